The molecule has 0 radical (unpaired) electrons. The number of amides is 1. The molecule has 1 fully saturated rings. The zero-order valence-corrected chi connectivity index (χ0v) is 12.2. The number of benzene rings is 1. The van der Waals surface area contributed by atoms with Gasteiger partial charge in [-0.15, -0.1) is 0 Å². The van der Waals surface area contributed by atoms with E-state index in [1.807, 2.05) is 30.3 Å². The van der Waals surface area contributed by atoms with Crippen LogP contribution in [0.15, 0.2) is 30.3 Å². The van der Waals surface area contributed by atoms with E-state index < -0.39 is 0 Å². The van der Waals surface area contributed by atoms with Crippen molar-refractivity contribution in [1.82, 2.24) is 5.32 Å². The molecular weight excluding hydrogens is 254 g/mol. The number of carbonyl (C=O) groups excluding carboxylic acids is 1. The second kappa shape index (κ2) is 7.29. The van der Waals surface area contributed by atoms with Gasteiger partial charge in [-0.3, -0.25) is 4.79 Å². The molecule has 1 aliphatic rings. The van der Waals surface area contributed by atoms with Crippen LogP contribution in [0.5, 0.6) is 5.75 Å². The zero-order valence-electron chi connectivity index (χ0n) is 12.2. The second-order valence-corrected chi connectivity index (χ2v) is 5.53. The van der Waals surface area contributed by atoms with Gasteiger partial charge in [-0.25, -0.2) is 0 Å². The number of rotatable bonds is 6. The SMILES string of the molecule is CC(C)[C@H]1OCC[C@@H]1CNC(=O)COc1ccccc1. The van der Waals surface area contributed by atoms with Crippen LogP contribution in [-0.2, 0) is 9.53 Å². The summed E-state index contributed by atoms with van der Waals surface area (Å²) < 4.78 is 11.1. The Morgan fingerprint density at radius 3 is 2.85 bits per heavy atom. The van der Waals surface area contributed by atoms with Crippen molar-refractivity contribution < 1.29 is 14.3 Å². The van der Waals surface area contributed by atoms with Crippen molar-refractivity contribution in [2.75, 3.05) is 19.8 Å². The third kappa shape index (κ3) is 4.23. The summed E-state index contributed by atoms with van der Waals surface area (Å²) in [5.74, 6) is 1.53. The van der Waals surface area contributed by atoms with Gasteiger partial charge in [0.25, 0.3) is 5.91 Å². The van der Waals surface area contributed by atoms with Gasteiger partial charge in [0.05, 0.1) is 6.10 Å². The van der Waals surface area contributed by atoms with Gasteiger partial charge in [-0.05, 0) is 24.5 Å². The van der Waals surface area contributed by atoms with E-state index in [1.165, 1.54) is 0 Å². The molecule has 1 aromatic carbocycles. The molecule has 1 amide bonds. The highest BCUT2D eigenvalue weighted by atomic mass is 16.5. The van der Waals surface area contributed by atoms with Crippen molar-refractivity contribution in [2.24, 2.45) is 11.8 Å². The number of ether oxygens (including phenoxy) is 2. The molecule has 0 unspecified atom stereocenters. The van der Waals surface area contributed by atoms with Crippen LogP contribution in [0.3, 0.4) is 0 Å². The first kappa shape index (κ1) is 14.9. The van der Waals surface area contributed by atoms with Crippen molar-refractivity contribution in [3.05, 3.63) is 30.3 Å². The molecule has 0 spiro atoms. The van der Waals surface area contributed by atoms with Gasteiger partial charge in [0.1, 0.15) is 5.75 Å². The van der Waals surface area contributed by atoms with Crippen LogP contribution in [0.2, 0.25) is 0 Å². The Morgan fingerprint density at radius 2 is 2.15 bits per heavy atom. The van der Waals surface area contributed by atoms with Gasteiger partial charge in [-0.1, -0.05) is 32.0 Å². The highest BCUT2D eigenvalue weighted by molar-refractivity contribution is 5.77. The fourth-order valence-corrected chi connectivity index (χ4v) is 2.57. The predicted octanol–water partition coefficient (Wildman–Crippen LogP) is 2.24. The lowest BCUT2D eigenvalue weighted by Crippen LogP contribution is -2.37. The van der Waals surface area contributed by atoms with E-state index in [0.29, 0.717) is 24.1 Å². The molecule has 0 saturated carbocycles. The Bertz CT molecular complexity index is 419. The van der Waals surface area contributed by atoms with Crippen molar-refractivity contribution >= 4 is 5.91 Å². The van der Waals surface area contributed by atoms with E-state index in [-0.39, 0.29) is 18.6 Å². The Labute approximate surface area is 120 Å². The molecule has 0 bridgehead atoms. The molecule has 0 aromatic heterocycles. The Morgan fingerprint density at radius 1 is 1.40 bits per heavy atom. The molecule has 1 saturated heterocycles. The number of nitrogens with one attached hydrogen (secondary N) is 1. The summed E-state index contributed by atoms with van der Waals surface area (Å²) in [5.41, 5.74) is 0. The fraction of sp³-hybridized carbons (Fsp3) is 0.562. The third-order valence-corrected chi connectivity index (χ3v) is 3.60. The molecule has 0 aliphatic carbocycles. The summed E-state index contributed by atoms with van der Waals surface area (Å²) in [5, 5.41) is 2.94. The van der Waals surface area contributed by atoms with Crippen LogP contribution in [0.1, 0.15) is 20.3 Å². The highest BCUT2D eigenvalue weighted by Gasteiger charge is 2.30. The lowest BCUT2D eigenvalue weighted by Gasteiger charge is -2.22. The maximum absolute atomic E-state index is 11.8. The molecule has 2 rings (SSSR count). The summed E-state index contributed by atoms with van der Waals surface area (Å²) >= 11 is 0. The summed E-state index contributed by atoms with van der Waals surface area (Å²) in [6.07, 6.45) is 1.27. The van der Waals surface area contributed by atoms with Crippen molar-refractivity contribution in [3.63, 3.8) is 0 Å². The van der Waals surface area contributed by atoms with Crippen molar-refractivity contribution in [1.29, 1.82) is 0 Å². The lowest BCUT2D eigenvalue weighted by molar-refractivity contribution is -0.123. The van der Waals surface area contributed by atoms with Gasteiger partial charge < -0.3 is 14.8 Å². The quantitative estimate of drug-likeness (QED) is 0.867. The molecule has 1 aliphatic heterocycles. The molecule has 1 N–H and O–H groups in total. The molecule has 1 heterocycles. The average Bonchev–Trinajstić information content (AvgIpc) is 2.92. The standard InChI is InChI=1S/C16H23NO3/c1-12(2)16-13(8-9-19-16)10-17-15(18)11-20-14-6-4-3-5-7-14/h3-7,12-13,16H,8-11H2,1-2H3,(H,17,18)/t13-,16-/m1/s1. The Hall–Kier alpha value is -1.55. The first-order chi connectivity index (χ1) is 9.66. The molecule has 1 aromatic rings. The zero-order chi connectivity index (χ0) is 14.4. The minimum absolute atomic E-state index is 0.0595. The topological polar surface area (TPSA) is 47.6 Å². The predicted molar refractivity (Wildman–Crippen MR) is 77.6 cm³/mol. The summed E-state index contributed by atoms with van der Waals surface area (Å²) in [6, 6.07) is 9.37. The molecule has 20 heavy (non-hydrogen) atoms. The Kier molecular flexibility index (Phi) is 5.41. The third-order valence-electron chi connectivity index (χ3n) is 3.60. The van der Waals surface area contributed by atoms with E-state index in [2.05, 4.69) is 19.2 Å². The molecule has 2 atom stereocenters. The van der Waals surface area contributed by atoms with Crippen LogP contribution in [0, 0.1) is 11.8 Å². The second-order valence-electron chi connectivity index (χ2n) is 5.53. The average molecular weight is 277 g/mol. The van der Waals surface area contributed by atoms with E-state index in [0.717, 1.165) is 13.0 Å². The van der Waals surface area contributed by atoms with Crippen LogP contribution < -0.4 is 10.1 Å². The number of carbonyl (C=O) groups is 1. The first-order valence-electron chi connectivity index (χ1n) is 7.23. The summed E-state index contributed by atoms with van der Waals surface area (Å²) in [7, 11) is 0. The van der Waals surface area contributed by atoms with E-state index in [4.69, 9.17) is 9.47 Å². The van der Waals surface area contributed by atoms with Gasteiger partial charge in [-0.2, -0.15) is 0 Å². The van der Waals surface area contributed by atoms with Gasteiger partial charge >= 0.3 is 0 Å². The highest BCUT2D eigenvalue weighted by Crippen LogP contribution is 2.25. The van der Waals surface area contributed by atoms with Crippen molar-refractivity contribution in [3.8, 4) is 5.75 Å². The van der Waals surface area contributed by atoms with Crippen LogP contribution in [0.25, 0.3) is 0 Å². The van der Waals surface area contributed by atoms with Crippen molar-refractivity contribution in [2.45, 2.75) is 26.4 Å². The molecule has 4 heteroatoms. The van der Waals surface area contributed by atoms with Gasteiger partial charge in [0.2, 0.25) is 0 Å². The van der Waals surface area contributed by atoms with E-state index in [1.54, 1.807) is 0 Å². The maximum Gasteiger partial charge on any atom is 0.257 e. The van der Waals surface area contributed by atoms with Crippen LogP contribution in [0.4, 0.5) is 0 Å². The minimum atomic E-state index is -0.0803. The first-order valence-corrected chi connectivity index (χ1v) is 7.23. The number of hydrogen-bond acceptors (Lipinski definition) is 3. The monoisotopic (exact) mass is 277 g/mol. The normalized spacial score (nSPS) is 21.9. The Balaban J connectivity index is 1.70. The maximum atomic E-state index is 11.8. The van der Waals surface area contributed by atoms with E-state index in [9.17, 15) is 4.79 Å². The molecule has 4 nitrogen and oxygen atoms in total. The minimum Gasteiger partial charge on any atom is -0.484 e. The largest absolute Gasteiger partial charge is 0.484 e. The van der Waals surface area contributed by atoms with Crippen LogP contribution in [-0.4, -0.2) is 31.8 Å². The number of para-hydroxylation sites is 1. The fourth-order valence-electron chi connectivity index (χ4n) is 2.57. The van der Waals surface area contributed by atoms with Crippen LogP contribution >= 0.6 is 0 Å². The van der Waals surface area contributed by atoms with Gasteiger partial charge in [0.15, 0.2) is 6.61 Å². The molecule has 110 valence electrons. The smallest absolute Gasteiger partial charge is 0.257 e. The summed E-state index contributed by atoms with van der Waals surface area (Å²) in [6.45, 7) is 5.83. The molecular formula is C16H23NO3. The summed E-state index contributed by atoms with van der Waals surface area (Å²) in [4.78, 5) is 11.8. The lowest BCUT2D eigenvalue weighted by atomic mass is 9.93. The van der Waals surface area contributed by atoms with Gasteiger partial charge in [0, 0.05) is 19.1 Å². The number of hydrogen-bond donors (Lipinski definition) is 1. The van der Waals surface area contributed by atoms with E-state index >= 15 is 0 Å².